The molecule has 1 N–H and O–H groups in total. The van der Waals surface area contributed by atoms with Gasteiger partial charge in [0.2, 0.25) is 0 Å². The van der Waals surface area contributed by atoms with Crippen LogP contribution in [0.15, 0.2) is 24.3 Å². The molecular formula is C13H14N2O3. The van der Waals surface area contributed by atoms with E-state index < -0.39 is 5.97 Å². The fourth-order valence-electron chi connectivity index (χ4n) is 1.79. The van der Waals surface area contributed by atoms with Gasteiger partial charge in [-0.05, 0) is 12.1 Å². The van der Waals surface area contributed by atoms with Crippen molar-refractivity contribution in [2.24, 2.45) is 0 Å². The van der Waals surface area contributed by atoms with Gasteiger partial charge in [-0.15, -0.1) is 0 Å². The van der Waals surface area contributed by atoms with E-state index in [1.165, 1.54) is 7.11 Å². The summed E-state index contributed by atoms with van der Waals surface area (Å²) in [6.45, 7) is 0. The Labute approximate surface area is 105 Å². The average molecular weight is 246 g/mol. The molecule has 0 atom stereocenters. The highest BCUT2D eigenvalue weighted by Gasteiger charge is 2.15. The van der Waals surface area contributed by atoms with Crippen LogP contribution in [0.5, 0.6) is 5.75 Å². The number of nitrogens with zero attached hydrogens (tertiary/aromatic N) is 1. The van der Waals surface area contributed by atoms with E-state index in [2.05, 4.69) is 10.3 Å². The molecule has 0 unspecified atom stereocenters. The highest BCUT2D eigenvalue weighted by molar-refractivity contribution is 6.05. The van der Waals surface area contributed by atoms with Crippen molar-refractivity contribution in [1.29, 1.82) is 0 Å². The first-order valence-corrected chi connectivity index (χ1v) is 5.45. The van der Waals surface area contributed by atoms with Gasteiger partial charge in [0.1, 0.15) is 17.1 Å². The maximum Gasteiger partial charge on any atom is 0.338 e. The van der Waals surface area contributed by atoms with Gasteiger partial charge in [-0.3, -0.25) is 0 Å². The van der Waals surface area contributed by atoms with Gasteiger partial charge in [0.25, 0.3) is 0 Å². The maximum absolute atomic E-state index is 11.8. The molecule has 5 nitrogen and oxygen atoms in total. The summed E-state index contributed by atoms with van der Waals surface area (Å²) in [5, 5.41) is 3.62. The summed E-state index contributed by atoms with van der Waals surface area (Å²) in [4.78, 5) is 16.2. The Hall–Kier alpha value is -2.30. The lowest BCUT2D eigenvalue weighted by Crippen LogP contribution is -2.05. The van der Waals surface area contributed by atoms with Crippen LogP contribution in [0, 0.1) is 0 Å². The minimum absolute atomic E-state index is 0.396. The number of carbonyl (C=O) groups is 1. The molecule has 0 amide bonds. The van der Waals surface area contributed by atoms with Gasteiger partial charge in [-0.25, -0.2) is 9.78 Å². The molecule has 0 fully saturated rings. The van der Waals surface area contributed by atoms with Crippen LogP contribution in [0.4, 0.5) is 5.82 Å². The van der Waals surface area contributed by atoms with Crippen molar-refractivity contribution < 1.29 is 14.3 Å². The largest absolute Gasteiger partial charge is 0.494 e. The number of benzene rings is 1. The predicted molar refractivity (Wildman–Crippen MR) is 69.2 cm³/mol. The maximum atomic E-state index is 11.8. The molecule has 0 saturated carbocycles. The molecule has 2 rings (SSSR count). The zero-order valence-corrected chi connectivity index (χ0v) is 10.5. The molecule has 5 heteroatoms. The van der Waals surface area contributed by atoms with Crippen molar-refractivity contribution in [3.8, 4) is 5.75 Å². The number of nitrogens with one attached hydrogen (secondary N) is 1. The summed E-state index contributed by atoms with van der Waals surface area (Å²) in [5.41, 5.74) is 1.10. The summed E-state index contributed by atoms with van der Waals surface area (Å²) < 4.78 is 10.0. The molecule has 94 valence electrons. The van der Waals surface area contributed by atoms with Crippen LogP contribution in [-0.4, -0.2) is 32.2 Å². The molecule has 1 aromatic heterocycles. The second-order valence-corrected chi connectivity index (χ2v) is 3.65. The number of para-hydroxylation sites is 1. The van der Waals surface area contributed by atoms with Crippen molar-refractivity contribution >= 4 is 22.7 Å². The Bertz CT molecular complexity index is 596. The number of fused-ring (bicyclic) bond motifs is 1. The van der Waals surface area contributed by atoms with E-state index in [1.807, 2.05) is 12.1 Å². The number of rotatable bonds is 3. The first-order valence-electron chi connectivity index (χ1n) is 5.45. The van der Waals surface area contributed by atoms with Crippen LogP contribution in [0.1, 0.15) is 10.4 Å². The SMILES string of the molecule is CNc1cc(C(=O)OC)c2cccc(OC)c2n1. The summed E-state index contributed by atoms with van der Waals surface area (Å²) in [6.07, 6.45) is 0. The van der Waals surface area contributed by atoms with E-state index in [0.717, 1.165) is 0 Å². The molecule has 0 saturated heterocycles. The van der Waals surface area contributed by atoms with Crippen molar-refractivity contribution in [1.82, 2.24) is 4.98 Å². The van der Waals surface area contributed by atoms with Gasteiger partial charge in [-0.1, -0.05) is 12.1 Å². The molecule has 0 spiro atoms. The van der Waals surface area contributed by atoms with Crippen LogP contribution < -0.4 is 10.1 Å². The third-order valence-electron chi connectivity index (χ3n) is 2.68. The van der Waals surface area contributed by atoms with E-state index in [4.69, 9.17) is 9.47 Å². The first kappa shape index (κ1) is 12.2. The zero-order valence-electron chi connectivity index (χ0n) is 10.5. The second-order valence-electron chi connectivity index (χ2n) is 3.65. The molecule has 1 aromatic carbocycles. The lowest BCUT2D eigenvalue weighted by molar-refractivity contribution is 0.0603. The van der Waals surface area contributed by atoms with E-state index in [9.17, 15) is 4.79 Å². The molecule has 2 aromatic rings. The third-order valence-corrected chi connectivity index (χ3v) is 2.68. The van der Waals surface area contributed by atoms with Crippen molar-refractivity contribution in [3.63, 3.8) is 0 Å². The minimum Gasteiger partial charge on any atom is -0.494 e. The molecule has 0 aliphatic carbocycles. The molecule has 0 radical (unpaired) electrons. The number of aromatic nitrogens is 1. The summed E-state index contributed by atoms with van der Waals surface area (Å²) >= 11 is 0. The van der Waals surface area contributed by atoms with Crippen LogP contribution in [-0.2, 0) is 4.74 Å². The molecule has 0 aliphatic heterocycles. The van der Waals surface area contributed by atoms with Crippen molar-refractivity contribution in [2.45, 2.75) is 0 Å². The smallest absolute Gasteiger partial charge is 0.338 e. The monoisotopic (exact) mass is 246 g/mol. The van der Waals surface area contributed by atoms with Crippen molar-refractivity contribution in [3.05, 3.63) is 29.8 Å². The lowest BCUT2D eigenvalue weighted by Gasteiger charge is -2.10. The molecular weight excluding hydrogens is 232 g/mol. The van der Waals surface area contributed by atoms with E-state index >= 15 is 0 Å². The van der Waals surface area contributed by atoms with Gasteiger partial charge in [0, 0.05) is 12.4 Å². The summed E-state index contributed by atoms with van der Waals surface area (Å²) in [7, 11) is 4.67. The Balaban J connectivity index is 2.80. The Morgan fingerprint density at radius 1 is 1.33 bits per heavy atom. The number of ether oxygens (including phenoxy) is 2. The number of anilines is 1. The number of esters is 1. The second kappa shape index (κ2) is 4.91. The van der Waals surface area contributed by atoms with Crippen LogP contribution in [0.3, 0.4) is 0 Å². The van der Waals surface area contributed by atoms with Crippen LogP contribution in [0.25, 0.3) is 10.9 Å². The van der Waals surface area contributed by atoms with Crippen molar-refractivity contribution in [2.75, 3.05) is 26.6 Å². The highest BCUT2D eigenvalue weighted by atomic mass is 16.5. The first-order chi connectivity index (χ1) is 8.71. The third kappa shape index (κ3) is 1.95. The Morgan fingerprint density at radius 3 is 2.72 bits per heavy atom. The molecule has 1 heterocycles. The topological polar surface area (TPSA) is 60.5 Å². The molecule has 0 aliphatic rings. The fourth-order valence-corrected chi connectivity index (χ4v) is 1.79. The van der Waals surface area contributed by atoms with E-state index in [-0.39, 0.29) is 0 Å². The summed E-state index contributed by atoms with van der Waals surface area (Å²) in [6, 6.07) is 7.09. The molecule has 0 bridgehead atoms. The Kier molecular flexibility index (Phi) is 3.32. The van der Waals surface area contributed by atoms with Gasteiger partial charge in [0.05, 0.1) is 19.8 Å². The van der Waals surface area contributed by atoms with Crippen LogP contribution >= 0.6 is 0 Å². The lowest BCUT2D eigenvalue weighted by atomic mass is 10.1. The number of pyridine rings is 1. The number of methoxy groups -OCH3 is 2. The highest BCUT2D eigenvalue weighted by Crippen LogP contribution is 2.28. The zero-order chi connectivity index (χ0) is 13.1. The summed E-state index contributed by atoms with van der Waals surface area (Å²) in [5.74, 6) is 0.814. The predicted octanol–water partition coefficient (Wildman–Crippen LogP) is 2.07. The number of carbonyl (C=O) groups excluding carboxylic acids is 1. The van der Waals surface area contributed by atoms with Gasteiger partial charge < -0.3 is 14.8 Å². The number of hydrogen-bond acceptors (Lipinski definition) is 5. The Morgan fingerprint density at radius 2 is 2.11 bits per heavy atom. The molecule has 18 heavy (non-hydrogen) atoms. The quantitative estimate of drug-likeness (QED) is 0.840. The normalized spacial score (nSPS) is 10.2. The van der Waals surface area contributed by atoms with E-state index in [1.54, 1.807) is 26.3 Å². The average Bonchev–Trinajstić information content (AvgIpc) is 2.44. The van der Waals surface area contributed by atoms with Crippen LogP contribution in [0.2, 0.25) is 0 Å². The van der Waals surface area contributed by atoms with Gasteiger partial charge >= 0.3 is 5.97 Å². The van der Waals surface area contributed by atoms with E-state index in [0.29, 0.717) is 28.0 Å². The standard InChI is InChI=1S/C13H14N2O3/c1-14-11-7-9(13(16)18-3)8-5-4-6-10(17-2)12(8)15-11/h4-7H,1-3H3,(H,14,15). The van der Waals surface area contributed by atoms with Gasteiger partial charge in [0.15, 0.2) is 0 Å². The number of hydrogen-bond donors (Lipinski definition) is 1. The fraction of sp³-hybridized carbons (Fsp3) is 0.231. The minimum atomic E-state index is -0.396. The van der Waals surface area contributed by atoms with Gasteiger partial charge in [-0.2, -0.15) is 0 Å².